The van der Waals surface area contributed by atoms with Gasteiger partial charge in [-0.05, 0) is 53.7 Å². The zero-order chi connectivity index (χ0) is 26.9. The van der Waals surface area contributed by atoms with E-state index in [-0.39, 0.29) is 23.2 Å². The molecule has 1 amide bonds. The van der Waals surface area contributed by atoms with Crippen molar-refractivity contribution in [3.63, 3.8) is 0 Å². The van der Waals surface area contributed by atoms with Crippen LogP contribution in [0.2, 0.25) is 0 Å². The third-order valence-corrected chi connectivity index (χ3v) is 8.42. The van der Waals surface area contributed by atoms with Crippen molar-refractivity contribution in [1.29, 1.82) is 0 Å². The van der Waals surface area contributed by atoms with Crippen LogP contribution in [0.25, 0.3) is 0 Å². The largest absolute Gasteiger partial charge is 0.444 e. The second-order valence-electron chi connectivity index (χ2n) is 11.1. The Kier molecular flexibility index (Phi) is 8.54. The summed E-state index contributed by atoms with van der Waals surface area (Å²) in [5, 5.41) is 0. The van der Waals surface area contributed by atoms with E-state index < -0.39 is 51.5 Å². The van der Waals surface area contributed by atoms with Gasteiger partial charge in [-0.1, -0.05) is 17.7 Å². The van der Waals surface area contributed by atoms with Crippen molar-refractivity contribution in [3.8, 4) is 0 Å². The van der Waals surface area contributed by atoms with Crippen LogP contribution in [0.5, 0.6) is 0 Å². The molecular weight excluding hydrogens is 486 g/mol. The number of nitrogens with zero attached hydrogens (tertiary/aromatic N) is 1. The minimum absolute atomic E-state index is 0.0610. The minimum Gasteiger partial charge on any atom is -0.444 e. The van der Waals surface area contributed by atoms with E-state index in [9.17, 15) is 18.0 Å². The van der Waals surface area contributed by atoms with Gasteiger partial charge >= 0.3 is 6.09 Å². The van der Waals surface area contributed by atoms with Crippen LogP contribution in [-0.4, -0.2) is 80.8 Å². The fourth-order valence-electron chi connectivity index (χ4n) is 4.95. The van der Waals surface area contributed by atoms with E-state index in [1.807, 2.05) is 6.92 Å². The van der Waals surface area contributed by atoms with Gasteiger partial charge in [0.2, 0.25) is 0 Å². The Balaban J connectivity index is 1.76. The molecule has 0 N–H and O–H groups in total. The van der Waals surface area contributed by atoms with Gasteiger partial charge in [0, 0.05) is 25.9 Å². The normalized spacial score (nSPS) is 28.3. The van der Waals surface area contributed by atoms with Crippen LogP contribution >= 0.6 is 0 Å². The van der Waals surface area contributed by atoms with Crippen molar-refractivity contribution in [1.82, 2.24) is 4.90 Å². The monoisotopic (exact) mass is 525 g/mol. The molecule has 1 aromatic carbocycles. The molecule has 0 aromatic heterocycles. The van der Waals surface area contributed by atoms with Crippen molar-refractivity contribution in [2.45, 2.75) is 95.0 Å². The number of aldehydes is 1. The smallest absolute Gasteiger partial charge is 0.412 e. The molecule has 5 atom stereocenters. The summed E-state index contributed by atoms with van der Waals surface area (Å²) in [7, 11) is -2.12. The van der Waals surface area contributed by atoms with Crippen LogP contribution in [0, 0.1) is 12.8 Å². The van der Waals surface area contributed by atoms with Crippen LogP contribution in [0.3, 0.4) is 0 Å². The molecule has 9 nitrogen and oxygen atoms in total. The summed E-state index contributed by atoms with van der Waals surface area (Å²) in [6.07, 6.45) is -1.33. The summed E-state index contributed by atoms with van der Waals surface area (Å²) in [6.45, 7) is 11.2. The maximum absolute atomic E-state index is 13.2. The molecule has 1 unspecified atom stereocenters. The molecule has 2 saturated heterocycles. The number of carbonyl (C=O) groups is 2. The average Bonchev–Trinajstić information content (AvgIpc) is 3.22. The molecule has 2 heterocycles. The van der Waals surface area contributed by atoms with Crippen molar-refractivity contribution < 1.29 is 37.0 Å². The van der Waals surface area contributed by atoms with E-state index in [1.54, 1.807) is 63.8 Å². The van der Waals surface area contributed by atoms with Gasteiger partial charge in [-0.2, -0.15) is 0 Å². The van der Waals surface area contributed by atoms with Crippen LogP contribution in [0.4, 0.5) is 4.79 Å². The molecule has 2 aliphatic rings. The molecular formula is C26H39NO8S. The Morgan fingerprint density at radius 1 is 1.19 bits per heavy atom. The van der Waals surface area contributed by atoms with Gasteiger partial charge in [0.15, 0.2) is 9.84 Å². The Morgan fingerprint density at radius 3 is 2.39 bits per heavy atom. The Labute approximate surface area is 214 Å². The highest BCUT2D eigenvalue weighted by molar-refractivity contribution is 7.91. The molecule has 3 rings (SSSR count). The van der Waals surface area contributed by atoms with E-state index >= 15 is 0 Å². The molecule has 36 heavy (non-hydrogen) atoms. The summed E-state index contributed by atoms with van der Waals surface area (Å²) in [5.74, 6) is -0.738. The van der Waals surface area contributed by atoms with Crippen molar-refractivity contribution >= 4 is 22.2 Å². The molecule has 0 saturated carbocycles. The molecule has 0 radical (unpaired) electrons. The molecule has 2 fully saturated rings. The maximum atomic E-state index is 13.2. The van der Waals surface area contributed by atoms with Crippen LogP contribution in [0.15, 0.2) is 29.2 Å². The first-order valence-corrected chi connectivity index (χ1v) is 13.9. The van der Waals surface area contributed by atoms with Crippen molar-refractivity contribution in [3.05, 3.63) is 29.8 Å². The molecule has 0 aliphatic carbocycles. The first kappa shape index (κ1) is 28.6. The molecule has 2 aliphatic heterocycles. The standard InChI is InChI=1S/C26H39NO8S/c1-17-8-10-19(11-9-17)36(30,31)16-20-21(12-13-28)33-22(23(20)32-7)14-18-15-27(26(5,6)34-18)24(29)35-25(2,3)4/h8-11,13,18,20-23H,12,14-16H2,1-7H3/t18-,20-,21-,22+,23?/m0/s1. The van der Waals surface area contributed by atoms with E-state index in [4.69, 9.17) is 18.9 Å². The highest BCUT2D eigenvalue weighted by Crippen LogP contribution is 2.38. The number of benzene rings is 1. The first-order chi connectivity index (χ1) is 16.7. The number of hydrogen-bond donors (Lipinski definition) is 0. The van der Waals surface area contributed by atoms with E-state index in [2.05, 4.69) is 0 Å². The molecule has 10 heteroatoms. The van der Waals surface area contributed by atoms with Crippen LogP contribution in [0.1, 0.15) is 53.0 Å². The van der Waals surface area contributed by atoms with Crippen LogP contribution < -0.4 is 0 Å². The SMILES string of the molecule is COC1[C@@H](CS(=O)(=O)c2ccc(C)cc2)[C@H](CC=O)O[C@@H]1C[C@H]1CN(C(=O)OC(C)(C)C)C(C)(C)O1. The van der Waals surface area contributed by atoms with Gasteiger partial charge in [-0.3, -0.25) is 4.90 Å². The number of hydrogen-bond acceptors (Lipinski definition) is 8. The molecule has 202 valence electrons. The van der Waals surface area contributed by atoms with Crippen molar-refractivity contribution in [2.24, 2.45) is 5.92 Å². The minimum atomic E-state index is -3.64. The topological polar surface area (TPSA) is 108 Å². The second-order valence-corrected chi connectivity index (χ2v) is 13.1. The van der Waals surface area contributed by atoms with Gasteiger partial charge in [-0.15, -0.1) is 0 Å². The lowest BCUT2D eigenvalue weighted by molar-refractivity contribution is -0.111. The van der Waals surface area contributed by atoms with Gasteiger partial charge in [-0.25, -0.2) is 13.2 Å². The summed E-state index contributed by atoms with van der Waals surface area (Å²) in [6, 6.07) is 6.70. The number of sulfone groups is 1. The zero-order valence-electron chi connectivity index (χ0n) is 22.2. The lowest BCUT2D eigenvalue weighted by Gasteiger charge is -2.31. The maximum Gasteiger partial charge on any atom is 0.412 e. The number of rotatable bonds is 8. The van der Waals surface area contributed by atoms with Crippen molar-refractivity contribution in [2.75, 3.05) is 19.4 Å². The highest BCUT2D eigenvalue weighted by atomic mass is 32.2. The average molecular weight is 526 g/mol. The predicted molar refractivity (Wildman–Crippen MR) is 133 cm³/mol. The number of carbonyl (C=O) groups excluding carboxylic acids is 2. The van der Waals surface area contributed by atoms with E-state index in [0.717, 1.165) is 11.8 Å². The predicted octanol–water partition coefficient (Wildman–Crippen LogP) is 3.52. The molecule has 1 aromatic rings. The third kappa shape index (κ3) is 6.65. The van der Waals surface area contributed by atoms with Gasteiger partial charge in [0.25, 0.3) is 0 Å². The summed E-state index contributed by atoms with van der Waals surface area (Å²) >= 11 is 0. The van der Waals surface area contributed by atoms with Crippen LogP contribution in [-0.2, 0) is 33.6 Å². The quantitative estimate of drug-likeness (QED) is 0.475. The third-order valence-electron chi connectivity index (χ3n) is 6.61. The number of ether oxygens (including phenoxy) is 4. The summed E-state index contributed by atoms with van der Waals surface area (Å²) in [4.78, 5) is 25.9. The van der Waals surface area contributed by atoms with Gasteiger partial charge in [0.1, 0.15) is 17.6 Å². The number of aryl methyl sites for hydroxylation is 1. The fraction of sp³-hybridized carbons (Fsp3) is 0.692. The van der Waals surface area contributed by atoms with Gasteiger partial charge in [0.05, 0.1) is 41.6 Å². The fourth-order valence-corrected chi connectivity index (χ4v) is 6.61. The molecule has 0 bridgehead atoms. The first-order valence-electron chi connectivity index (χ1n) is 12.3. The van der Waals surface area contributed by atoms with E-state index in [1.165, 1.54) is 7.11 Å². The summed E-state index contributed by atoms with van der Waals surface area (Å²) in [5.41, 5.74) is -0.560. The second kappa shape index (κ2) is 10.8. The summed E-state index contributed by atoms with van der Waals surface area (Å²) < 4.78 is 50.0. The Bertz CT molecular complexity index is 1030. The van der Waals surface area contributed by atoms with Gasteiger partial charge < -0.3 is 23.7 Å². The number of amides is 1. The highest BCUT2D eigenvalue weighted by Gasteiger charge is 2.50. The Morgan fingerprint density at radius 2 is 1.83 bits per heavy atom. The Hall–Kier alpha value is -2.01. The van der Waals surface area contributed by atoms with E-state index in [0.29, 0.717) is 13.0 Å². The number of methoxy groups -OCH3 is 1. The zero-order valence-corrected chi connectivity index (χ0v) is 23.0. The lowest BCUT2D eigenvalue weighted by atomic mass is 9.94. The molecule has 0 spiro atoms. The lowest BCUT2D eigenvalue weighted by Crippen LogP contribution is -2.46.